The lowest BCUT2D eigenvalue weighted by Crippen LogP contribution is -2.48. The number of nitrogens with one attached hydrogen (secondary N) is 3. The van der Waals surface area contributed by atoms with Gasteiger partial charge >= 0.3 is 0 Å². The van der Waals surface area contributed by atoms with Crippen molar-refractivity contribution < 1.29 is 29.0 Å². The molecule has 1 unspecified atom stereocenters. The van der Waals surface area contributed by atoms with Gasteiger partial charge in [-0.2, -0.15) is 0 Å². The Bertz CT molecular complexity index is 1570. The van der Waals surface area contributed by atoms with Crippen molar-refractivity contribution >= 4 is 34.4 Å². The van der Waals surface area contributed by atoms with E-state index in [1.54, 1.807) is 54.6 Å². The lowest BCUT2D eigenvalue weighted by atomic mass is 10.0. The van der Waals surface area contributed by atoms with E-state index in [9.17, 15) is 24.3 Å². The van der Waals surface area contributed by atoms with Gasteiger partial charge in [0.25, 0.3) is 11.8 Å². The third-order valence-corrected chi connectivity index (χ3v) is 6.68. The van der Waals surface area contributed by atoms with Gasteiger partial charge in [0.15, 0.2) is 0 Å². The number of unbranched alkanes of at least 4 members (excludes halogenated alkanes) is 1. The first-order valence-electron chi connectivity index (χ1n) is 13.9. The van der Waals surface area contributed by atoms with E-state index in [0.29, 0.717) is 36.3 Å². The molecule has 0 fully saturated rings. The average molecular weight is 583 g/mol. The van der Waals surface area contributed by atoms with E-state index in [-0.39, 0.29) is 37.1 Å². The van der Waals surface area contributed by atoms with E-state index >= 15 is 0 Å². The SMILES string of the molecule is NC(=O)CNC(=O)c1cc2ccccc2cc1OCCCCNC(=O)C(Cc1ccc(O)cc1)NC(=O)c1ccccc1. The van der Waals surface area contributed by atoms with Crippen LogP contribution in [0.15, 0.2) is 91.0 Å². The second-order valence-corrected chi connectivity index (χ2v) is 9.95. The minimum atomic E-state index is -0.826. The van der Waals surface area contributed by atoms with E-state index in [4.69, 9.17) is 10.5 Å². The molecule has 0 heterocycles. The summed E-state index contributed by atoms with van der Waals surface area (Å²) in [6.45, 7) is 0.343. The predicted molar refractivity (Wildman–Crippen MR) is 163 cm³/mol. The minimum Gasteiger partial charge on any atom is -0.508 e. The number of primary amides is 1. The molecule has 10 heteroatoms. The molecule has 43 heavy (non-hydrogen) atoms. The molecule has 6 N–H and O–H groups in total. The van der Waals surface area contributed by atoms with Crippen molar-refractivity contribution in [1.82, 2.24) is 16.0 Å². The molecule has 0 radical (unpaired) electrons. The Morgan fingerprint density at radius 2 is 1.47 bits per heavy atom. The van der Waals surface area contributed by atoms with Crippen molar-refractivity contribution in [3.05, 3.63) is 108 Å². The first-order chi connectivity index (χ1) is 20.8. The lowest BCUT2D eigenvalue weighted by Gasteiger charge is -2.19. The number of ether oxygens (including phenoxy) is 1. The fourth-order valence-electron chi connectivity index (χ4n) is 4.43. The Balaban J connectivity index is 1.32. The highest BCUT2D eigenvalue weighted by atomic mass is 16.5. The maximum absolute atomic E-state index is 13.1. The number of phenolic OH excluding ortho intramolecular Hbond substituents is 1. The molecule has 4 aromatic rings. The van der Waals surface area contributed by atoms with Crippen LogP contribution < -0.4 is 26.4 Å². The summed E-state index contributed by atoms with van der Waals surface area (Å²) in [6, 6.07) is 25.3. The van der Waals surface area contributed by atoms with Gasteiger partial charge in [-0.3, -0.25) is 19.2 Å². The van der Waals surface area contributed by atoms with Crippen molar-refractivity contribution in [1.29, 1.82) is 0 Å². The van der Waals surface area contributed by atoms with Gasteiger partial charge in [-0.15, -0.1) is 0 Å². The standard InChI is InChI=1S/C33H34N4O6/c34-30(39)21-36-32(41)27-19-24-10-4-5-11-25(24)20-29(27)43-17-7-6-16-35-33(42)28(18-22-12-14-26(38)15-13-22)37-31(40)23-8-2-1-3-9-23/h1-5,8-15,19-20,28,38H,6-7,16-18,21H2,(H2,34,39)(H,35,42)(H,36,41)(H,37,40). The van der Waals surface area contributed by atoms with Crippen molar-refractivity contribution in [3.63, 3.8) is 0 Å². The number of rotatable bonds is 14. The van der Waals surface area contributed by atoms with Crippen LogP contribution in [0.3, 0.4) is 0 Å². The van der Waals surface area contributed by atoms with Crippen LogP contribution in [0.25, 0.3) is 10.8 Å². The summed E-state index contributed by atoms with van der Waals surface area (Å²) in [6.07, 6.45) is 1.41. The van der Waals surface area contributed by atoms with E-state index in [2.05, 4.69) is 16.0 Å². The fourth-order valence-corrected chi connectivity index (χ4v) is 4.43. The molecule has 4 rings (SSSR count). The van der Waals surface area contributed by atoms with Crippen molar-refractivity contribution in [2.75, 3.05) is 19.7 Å². The van der Waals surface area contributed by atoms with Gasteiger partial charge in [0.2, 0.25) is 11.8 Å². The molecule has 0 saturated carbocycles. The van der Waals surface area contributed by atoms with Crippen molar-refractivity contribution in [3.8, 4) is 11.5 Å². The molecule has 0 spiro atoms. The van der Waals surface area contributed by atoms with Crippen LogP contribution in [0.5, 0.6) is 11.5 Å². The van der Waals surface area contributed by atoms with E-state index < -0.39 is 17.9 Å². The maximum atomic E-state index is 13.1. The van der Waals surface area contributed by atoms with Gasteiger partial charge in [0.05, 0.1) is 18.7 Å². The van der Waals surface area contributed by atoms with E-state index in [0.717, 1.165) is 16.3 Å². The van der Waals surface area contributed by atoms with Crippen LogP contribution in [-0.2, 0) is 16.0 Å². The number of carbonyl (C=O) groups is 4. The van der Waals surface area contributed by atoms with Crippen LogP contribution in [0.4, 0.5) is 0 Å². The number of hydrogen-bond donors (Lipinski definition) is 5. The molecule has 0 aliphatic rings. The first kappa shape index (κ1) is 30.6. The summed E-state index contributed by atoms with van der Waals surface area (Å²) in [7, 11) is 0. The zero-order chi connectivity index (χ0) is 30.6. The largest absolute Gasteiger partial charge is 0.508 e. The van der Waals surface area contributed by atoms with Crippen molar-refractivity contribution in [2.45, 2.75) is 25.3 Å². The molecule has 222 valence electrons. The van der Waals surface area contributed by atoms with Crippen LogP contribution in [0.1, 0.15) is 39.1 Å². The van der Waals surface area contributed by atoms with Gasteiger partial charge in [0, 0.05) is 18.5 Å². The molecular weight excluding hydrogens is 548 g/mol. The topological polar surface area (TPSA) is 160 Å². The average Bonchev–Trinajstić information content (AvgIpc) is 3.02. The summed E-state index contributed by atoms with van der Waals surface area (Å²) in [5.41, 5.74) is 6.68. The zero-order valence-corrected chi connectivity index (χ0v) is 23.5. The number of hydrogen-bond acceptors (Lipinski definition) is 6. The molecule has 0 aliphatic carbocycles. The highest BCUT2D eigenvalue weighted by Crippen LogP contribution is 2.26. The van der Waals surface area contributed by atoms with Gasteiger partial charge in [0.1, 0.15) is 17.5 Å². The van der Waals surface area contributed by atoms with Gasteiger partial charge in [-0.1, -0.05) is 54.6 Å². The van der Waals surface area contributed by atoms with Crippen molar-refractivity contribution in [2.24, 2.45) is 5.73 Å². The lowest BCUT2D eigenvalue weighted by molar-refractivity contribution is -0.123. The molecule has 1 atom stereocenters. The minimum absolute atomic E-state index is 0.113. The van der Waals surface area contributed by atoms with Gasteiger partial charge in [-0.25, -0.2) is 0 Å². The number of phenols is 1. The summed E-state index contributed by atoms with van der Waals surface area (Å²) < 4.78 is 5.95. The molecular formula is C33H34N4O6. The Kier molecular flexibility index (Phi) is 10.7. The fraction of sp³-hybridized carbons (Fsp3) is 0.212. The number of amides is 4. The molecule has 0 bridgehead atoms. The normalized spacial score (nSPS) is 11.3. The maximum Gasteiger partial charge on any atom is 0.255 e. The number of carbonyl (C=O) groups excluding carboxylic acids is 4. The highest BCUT2D eigenvalue weighted by Gasteiger charge is 2.22. The summed E-state index contributed by atoms with van der Waals surface area (Å²) >= 11 is 0. The van der Waals surface area contributed by atoms with Gasteiger partial charge < -0.3 is 31.5 Å². The number of nitrogens with two attached hydrogens (primary N) is 1. The third kappa shape index (κ3) is 9.06. The number of benzene rings is 4. The van der Waals surface area contributed by atoms with Crippen LogP contribution in [0, 0.1) is 0 Å². The van der Waals surface area contributed by atoms with Gasteiger partial charge in [-0.05, 0) is 65.6 Å². The Morgan fingerprint density at radius 3 is 2.16 bits per heavy atom. The molecule has 4 amide bonds. The monoisotopic (exact) mass is 582 g/mol. The quantitative estimate of drug-likeness (QED) is 0.144. The first-order valence-corrected chi connectivity index (χ1v) is 13.9. The highest BCUT2D eigenvalue weighted by molar-refractivity contribution is 6.02. The van der Waals surface area contributed by atoms with Crippen LogP contribution in [-0.4, -0.2) is 54.5 Å². The van der Waals surface area contributed by atoms with Crippen LogP contribution in [0.2, 0.25) is 0 Å². The smallest absolute Gasteiger partial charge is 0.255 e. The molecule has 0 aromatic heterocycles. The Morgan fingerprint density at radius 1 is 0.791 bits per heavy atom. The Hall–Kier alpha value is -5.38. The molecule has 10 nitrogen and oxygen atoms in total. The molecule has 0 aliphatic heterocycles. The predicted octanol–water partition coefficient (Wildman–Crippen LogP) is 3.08. The van der Waals surface area contributed by atoms with Crippen LogP contribution >= 0.6 is 0 Å². The summed E-state index contributed by atoms with van der Waals surface area (Å²) in [5.74, 6) is -1.32. The number of aromatic hydroxyl groups is 1. The summed E-state index contributed by atoms with van der Waals surface area (Å²) in [4.78, 5) is 49.7. The second kappa shape index (κ2) is 15.0. The second-order valence-electron chi connectivity index (χ2n) is 9.95. The molecule has 4 aromatic carbocycles. The third-order valence-electron chi connectivity index (χ3n) is 6.68. The van der Waals surface area contributed by atoms with E-state index in [1.165, 1.54) is 12.1 Å². The summed E-state index contributed by atoms with van der Waals surface area (Å²) in [5, 5.41) is 19.5. The number of fused-ring (bicyclic) bond motifs is 1. The van der Waals surface area contributed by atoms with E-state index in [1.807, 2.05) is 24.3 Å². The zero-order valence-electron chi connectivity index (χ0n) is 23.5. The Labute approximate surface area is 249 Å². The molecule has 0 saturated heterocycles.